The fourth-order valence-corrected chi connectivity index (χ4v) is 2.31. The summed E-state index contributed by atoms with van der Waals surface area (Å²) in [5, 5.41) is 9.02. The molecule has 0 saturated carbocycles. The lowest BCUT2D eigenvalue weighted by molar-refractivity contribution is -0.157. The smallest absolute Gasteiger partial charge is 0.318 e. The second-order valence-corrected chi connectivity index (χ2v) is 5.86. The van der Waals surface area contributed by atoms with Gasteiger partial charge in [-0.2, -0.15) is 0 Å². The standard InChI is InChI=1S/C13H24N2O3/c1-13(2,12(17)18)11(16)15(4)8-6-10-5-7-14(3)9-10/h10H,5-9H2,1-4H3,(H,17,18). The maximum Gasteiger partial charge on any atom is 0.318 e. The first-order chi connectivity index (χ1) is 8.25. The van der Waals surface area contributed by atoms with Crippen LogP contribution in [0.4, 0.5) is 0 Å². The fourth-order valence-electron chi connectivity index (χ4n) is 2.31. The number of likely N-dealkylation sites (tertiary alicyclic amines) is 1. The summed E-state index contributed by atoms with van der Waals surface area (Å²) >= 11 is 0. The predicted octanol–water partition coefficient (Wildman–Crippen LogP) is 0.897. The van der Waals surface area contributed by atoms with E-state index in [-0.39, 0.29) is 5.91 Å². The first-order valence-electron chi connectivity index (χ1n) is 6.42. The van der Waals surface area contributed by atoms with E-state index in [0.717, 1.165) is 19.5 Å². The lowest BCUT2D eigenvalue weighted by atomic mass is 9.91. The average Bonchev–Trinajstić information content (AvgIpc) is 2.70. The summed E-state index contributed by atoms with van der Waals surface area (Å²) in [5.41, 5.74) is -1.33. The maximum absolute atomic E-state index is 12.0. The van der Waals surface area contributed by atoms with Gasteiger partial charge in [0.05, 0.1) is 0 Å². The third kappa shape index (κ3) is 3.45. The van der Waals surface area contributed by atoms with Crippen LogP contribution >= 0.6 is 0 Å². The molecule has 0 aromatic heterocycles. The topological polar surface area (TPSA) is 60.9 Å². The second-order valence-electron chi connectivity index (χ2n) is 5.86. The molecule has 0 aromatic carbocycles. The number of amides is 1. The molecule has 1 aliphatic rings. The molecular formula is C13H24N2O3. The highest BCUT2D eigenvalue weighted by Crippen LogP contribution is 2.21. The number of carboxylic acid groups (broad SMARTS) is 1. The molecule has 18 heavy (non-hydrogen) atoms. The van der Waals surface area contributed by atoms with E-state index in [1.165, 1.54) is 20.3 Å². The lowest BCUT2D eigenvalue weighted by Gasteiger charge is -2.26. The van der Waals surface area contributed by atoms with Crippen LogP contribution in [0.1, 0.15) is 26.7 Å². The van der Waals surface area contributed by atoms with E-state index in [2.05, 4.69) is 11.9 Å². The molecule has 0 aliphatic carbocycles. The van der Waals surface area contributed by atoms with E-state index in [0.29, 0.717) is 12.5 Å². The zero-order valence-electron chi connectivity index (χ0n) is 11.8. The van der Waals surface area contributed by atoms with Crippen molar-refractivity contribution in [3.63, 3.8) is 0 Å². The predicted molar refractivity (Wildman–Crippen MR) is 69.3 cm³/mol. The SMILES string of the molecule is CN1CCC(CCN(C)C(=O)C(C)(C)C(=O)O)C1. The highest BCUT2D eigenvalue weighted by molar-refractivity contribution is 6.00. The molecule has 1 saturated heterocycles. The molecule has 1 atom stereocenters. The van der Waals surface area contributed by atoms with Gasteiger partial charge in [-0.15, -0.1) is 0 Å². The number of hydrogen-bond donors (Lipinski definition) is 1. The molecular weight excluding hydrogens is 232 g/mol. The van der Waals surface area contributed by atoms with E-state index >= 15 is 0 Å². The summed E-state index contributed by atoms with van der Waals surface area (Å²) in [6, 6.07) is 0. The Bertz CT molecular complexity index is 328. The van der Waals surface area contributed by atoms with Gasteiger partial charge in [-0.05, 0) is 46.2 Å². The van der Waals surface area contributed by atoms with Gasteiger partial charge in [-0.25, -0.2) is 0 Å². The Balaban J connectivity index is 2.43. The van der Waals surface area contributed by atoms with Gasteiger partial charge in [0.25, 0.3) is 0 Å². The molecule has 104 valence electrons. The van der Waals surface area contributed by atoms with Crippen LogP contribution in [-0.4, -0.2) is 60.5 Å². The Morgan fingerprint density at radius 2 is 2.06 bits per heavy atom. The van der Waals surface area contributed by atoms with E-state index < -0.39 is 11.4 Å². The van der Waals surface area contributed by atoms with E-state index in [4.69, 9.17) is 5.11 Å². The Kier molecular flexibility index (Phi) is 4.73. The third-order valence-electron chi connectivity index (χ3n) is 3.78. The van der Waals surface area contributed by atoms with Crippen LogP contribution in [0, 0.1) is 11.3 Å². The largest absolute Gasteiger partial charge is 0.480 e. The van der Waals surface area contributed by atoms with Crippen molar-refractivity contribution in [2.24, 2.45) is 11.3 Å². The van der Waals surface area contributed by atoms with Crippen LogP contribution in [0.25, 0.3) is 0 Å². The van der Waals surface area contributed by atoms with Gasteiger partial charge >= 0.3 is 5.97 Å². The molecule has 0 spiro atoms. The van der Waals surface area contributed by atoms with Crippen molar-refractivity contribution in [1.82, 2.24) is 9.80 Å². The van der Waals surface area contributed by atoms with Crippen LogP contribution in [-0.2, 0) is 9.59 Å². The maximum atomic E-state index is 12.0. The Labute approximate surface area is 109 Å². The number of hydrogen-bond acceptors (Lipinski definition) is 3. The fraction of sp³-hybridized carbons (Fsp3) is 0.846. The molecule has 0 bridgehead atoms. The average molecular weight is 256 g/mol. The van der Waals surface area contributed by atoms with Gasteiger partial charge in [0.15, 0.2) is 0 Å². The number of carbonyl (C=O) groups is 2. The van der Waals surface area contributed by atoms with Gasteiger partial charge < -0.3 is 14.9 Å². The number of nitrogens with zero attached hydrogens (tertiary/aromatic N) is 2. The molecule has 1 heterocycles. The minimum Gasteiger partial charge on any atom is -0.480 e. The molecule has 0 aromatic rings. The summed E-state index contributed by atoms with van der Waals surface area (Å²) in [7, 11) is 3.79. The minimum atomic E-state index is -1.33. The minimum absolute atomic E-state index is 0.318. The van der Waals surface area contributed by atoms with Gasteiger partial charge in [0.2, 0.25) is 5.91 Å². The van der Waals surface area contributed by atoms with Crippen molar-refractivity contribution in [2.75, 3.05) is 33.7 Å². The zero-order valence-corrected chi connectivity index (χ0v) is 11.8. The molecule has 1 aliphatic heterocycles. The molecule has 1 unspecified atom stereocenters. The van der Waals surface area contributed by atoms with E-state index in [9.17, 15) is 9.59 Å². The van der Waals surface area contributed by atoms with E-state index in [1.54, 1.807) is 11.9 Å². The Morgan fingerprint density at radius 3 is 2.50 bits per heavy atom. The van der Waals surface area contributed by atoms with E-state index in [1.807, 2.05) is 0 Å². The Morgan fingerprint density at radius 1 is 1.44 bits per heavy atom. The van der Waals surface area contributed by atoms with Crippen molar-refractivity contribution in [3.8, 4) is 0 Å². The Hall–Kier alpha value is -1.10. The number of carboxylic acids is 1. The molecule has 5 nitrogen and oxygen atoms in total. The van der Waals surface area contributed by atoms with Crippen molar-refractivity contribution < 1.29 is 14.7 Å². The quantitative estimate of drug-likeness (QED) is 0.742. The number of rotatable bonds is 5. The van der Waals surface area contributed by atoms with Gasteiger partial charge in [0, 0.05) is 20.1 Å². The molecule has 1 amide bonds. The highest BCUT2D eigenvalue weighted by atomic mass is 16.4. The van der Waals surface area contributed by atoms with Crippen LogP contribution in [0.2, 0.25) is 0 Å². The van der Waals surface area contributed by atoms with Crippen LogP contribution in [0.3, 0.4) is 0 Å². The summed E-state index contributed by atoms with van der Waals surface area (Å²) in [6.45, 7) is 5.73. The zero-order chi connectivity index (χ0) is 13.9. The molecule has 5 heteroatoms. The summed E-state index contributed by atoms with van der Waals surface area (Å²) in [4.78, 5) is 26.9. The van der Waals surface area contributed by atoms with Gasteiger partial charge in [-0.3, -0.25) is 9.59 Å². The van der Waals surface area contributed by atoms with Crippen molar-refractivity contribution in [2.45, 2.75) is 26.7 Å². The molecule has 0 radical (unpaired) electrons. The highest BCUT2D eigenvalue weighted by Gasteiger charge is 2.38. The first-order valence-corrected chi connectivity index (χ1v) is 6.42. The molecule has 1 N–H and O–H groups in total. The third-order valence-corrected chi connectivity index (χ3v) is 3.78. The first kappa shape index (κ1) is 15.0. The summed E-state index contributed by atoms with van der Waals surface area (Å²) in [6.07, 6.45) is 2.11. The monoisotopic (exact) mass is 256 g/mol. The number of aliphatic carboxylic acids is 1. The number of carbonyl (C=O) groups excluding carboxylic acids is 1. The van der Waals surface area contributed by atoms with Crippen molar-refractivity contribution in [1.29, 1.82) is 0 Å². The van der Waals surface area contributed by atoms with Crippen molar-refractivity contribution >= 4 is 11.9 Å². The second kappa shape index (κ2) is 5.69. The summed E-state index contributed by atoms with van der Waals surface area (Å²) in [5.74, 6) is -0.764. The normalized spacial score (nSPS) is 21.0. The van der Waals surface area contributed by atoms with Gasteiger partial charge in [-0.1, -0.05) is 0 Å². The molecule has 1 rings (SSSR count). The molecule has 1 fully saturated rings. The van der Waals surface area contributed by atoms with Crippen LogP contribution < -0.4 is 0 Å². The van der Waals surface area contributed by atoms with Crippen LogP contribution in [0.15, 0.2) is 0 Å². The lowest BCUT2D eigenvalue weighted by Crippen LogP contribution is -2.44. The summed E-state index contributed by atoms with van der Waals surface area (Å²) < 4.78 is 0. The van der Waals surface area contributed by atoms with Crippen molar-refractivity contribution in [3.05, 3.63) is 0 Å². The van der Waals surface area contributed by atoms with Gasteiger partial charge in [0.1, 0.15) is 5.41 Å². The van der Waals surface area contributed by atoms with Crippen LogP contribution in [0.5, 0.6) is 0 Å².